The molecular formula is C19H24BrN3O4. The second-order valence-electron chi connectivity index (χ2n) is 7.82. The highest BCUT2D eigenvalue weighted by Gasteiger charge is 2.38. The zero-order valence-corrected chi connectivity index (χ0v) is 17.7. The minimum Gasteiger partial charge on any atom is -0.465 e. The molecule has 0 unspecified atom stereocenters. The van der Waals surface area contributed by atoms with Gasteiger partial charge in [-0.1, -0.05) is 0 Å². The van der Waals surface area contributed by atoms with Crippen molar-refractivity contribution in [3.8, 4) is 0 Å². The van der Waals surface area contributed by atoms with Gasteiger partial charge in [-0.15, -0.1) is 0 Å². The molecule has 2 heterocycles. The number of esters is 1. The Kier molecular flexibility index (Phi) is 5.20. The molecule has 146 valence electrons. The predicted molar refractivity (Wildman–Crippen MR) is 105 cm³/mol. The van der Waals surface area contributed by atoms with Crippen molar-refractivity contribution >= 4 is 39.0 Å². The number of hydrogen-bond acceptors (Lipinski definition) is 5. The Morgan fingerprint density at radius 3 is 2.56 bits per heavy atom. The molecule has 0 aromatic carbocycles. The topological polar surface area (TPSA) is 73.7 Å². The molecule has 2 aromatic rings. The van der Waals surface area contributed by atoms with E-state index in [2.05, 4.69) is 20.9 Å². The first-order valence-electron chi connectivity index (χ1n) is 8.82. The Morgan fingerprint density at radius 1 is 1.30 bits per heavy atom. The average Bonchev–Trinajstić information content (AvgIpc) is 2.89. The Balaban J connectivity index is 1.79. The fraction of sp³-hybridized carbons (Fsp3) is 0.526. The van der Waals surface area contributed by atoms with E-state index in [4.69, 9.17) is 9.47 Å². The third kappa shape index (κ3) is 3.95. The van der Waals surface area contributed by atoms with Gasteiger partial charge in [-0.2, -0.15) is 0 Å². The summed E-state index contributed by atoms with van der Waals surface area (Å²) in [5.41, 5.74) is 0.709. The first kappa shape index (κ1) is 19.7. The monoisotopic (exact) mass is 437 g/mol. The van der Waals surface area contributed by atoms with Crippen LogP contribution in [0.3, 0.4) is 0 Å². The molecular weight excluding hydrogens is 414 g/mol. The van der Waals surface area contributed by atoms with Crippen LogP contribution in [0, 0.1) is 0 Å². The Hall–Kier alpha value is -2.09. The van der Waals surface area contributed by atoms with Crippen LogP contribution >= 0.6 is 15.9 Å². The fourth-order valence-electron chi connectivity index (χ4n) is 3.24. The Morgan fingerprint density at radius 2 is 1.96 bits per heavy atom. The molecule has 0 atom stereocenters. The van der Waals surface area contributed by atoms with E-state index in [9.17, 15) is 9.59 Å². The summed E-state index contributed by atoms with van der Waals surface area (Å²) in [4.78, 5) is 30.5. The van der Waals surface area contributed by atoms with Crippen LogP contribution in [-0.2, 0) is 9.47 Å². The minimum atomic E-state index is -0.517. The number of halogens is 1. The van der Waals surface area contributed by atoms with Gasteiger partial charge in [0.25, 0.3) is 0 Å². The summed E-state index contributed by atoms with van der Waals surface area (Å²) < 4.78 is 13.0. The van der Waals surface area contributed by atoms with E-state index in [1.807, 2.05) is 31.4 Å². The lowest BCUT2D eigenvalue weighted by Gasteiger charge is -2.42. The first-order valence-corrected chi connectivity index (χ1v) is 9.61. The number of nitrogens with zero attached hydrogens (tertiary/aromatic N) is 3. The summed E-state index contributed by atoms with van der Waals surface area (Å²) in [6.45, 7) is 5.56. The van der Waals surface area contributed by atoms with Gasteiger partial charge in [0.1, 0.15) is 15.9 Å². The molecule has 1 amide bonds. The number of carbonyl (C=O) groups excluding carboxylic acids is 2. The summed E-state index contributed by atoms with van der Waals surface area (Å²) in [5, 5.41) is 0.758. The van der Waals surface area contributed by atoms with Crippen LogP contribution in [-0.4, -0.2) is 52.3 Å². The number of rotatable bonds is 3. The SMILES string of the molecule is COC(=O)c1cn(C2CC(N(C)C(=O)OC(C)(C)C)C2)c2nc(Br)ccc12. The molecule has 7 nitrogen and oxygen atoms in total. The highest BCUT2D eigenvalue weighted by molar-refractivity contribution is 9.10. The van der Waals surface area contributed by atoms with E-state index >= 15 is 0 Å². The minimum absolute atomic E-state index is 0.0935. The Bertz CT molecular complexity index is 881. The predicted octanol–water partition coefficient (Wildman–Crippen LogP) is 4.16. The third-order valence-corrected chi connectivity index (χ3v) is 5.20. The smallest absolute Gasteiger partial charge is 0.410 e. The summed E-state index contributed by atoms with van der Waals surface area (Å²) >= 11 is 3.39. The second-order valence-corrected chi connectivity index (χ2v) is 8.63. The molecule has 1 aliphatic rings. The quantitative estimate of drug-likeness (QED) is 0.532. The molecule has 0 N–H and O–H groups in total. The molecule has 1 saturated carbocycles. The summed E-state index contributed by atoms with van der Waals surface area (Å²) in [6, 6.07) is 3.91. The average molecular weight is 438 g/mol. The lowest BCUT2D eigenvalue weighted by molar-refractivity contribution is 0.00809. The van der Waals surface area contributed by atoms with Gasteiger partial charge < -0.3 is 18.9 Å². The number of aromatic nitrogens is 2. The number of methoxy groups -OCH3 is 1. The standard InChI is InChI=1S/C19H24BrN3O4/c1-19(2,3)27-18(25)22(4)11-8-12(9-11)23-10-14(17(24)26-5)13-6-7-15(20)21-16(13)23/h6-7,10-12H,8-9H2,1-5H3. The molecule has 2 aromatic heterocycles. The van der Waals surface area contributed by atoms with Crippen LogP contribution in [0.5, 0.6) is 0 Å². The van der Waals surface area contributed by atoms with E-state index in [1.165, 1.54) is 7.11 Å². The lowest BCUT2D eigenvalue weighted by atomic mass is 9.85. The number of hydrogen-bond donors (Lipinski definition) is 0. The molecule has 8 heteroatoms. The maximum absolute atomic E-state index is 12.2. The molecule has 0 aliphatic heterocycles. The summed E-state index contributed by atoms with van der Waals surface area (Å²) in [6.07, 6.45) is 3.02. The fourth-order valence-corrected chi connectivity index (χ4v) is 3.54. The molecule has 3 rings (SSSR count). The number of amides is 1. The largest absolute Gasteiger partial charge is 0.465 e. The van der Waals surface area contributed by atoms with Crippen LogP contribution in [0.1, 0.15) is 50.0 Å². The molecule has 0 spiro atoms. The van der Waals surface area contributed by atoms with Gasteiger partial charge in [-0.05, 0) is 61.7 Å². The second kappa shape index (κ2) is 7.14. The highest BCUT2D eigenvalue weighted by atomic mass is 79.9. The van der Waals surface area contributed by atoms with Crippen LogP contribution in [0.4, 0.5) is 4.79 Å². The van der Waals surface area contributed by atoms with Crippen molar-refractivity contribution < 1.29 is 19.1 Å². The van der Waals surface area contributed by atoms with E-state index in [0.29, 0.717) is 10.2 Å². The molecule has 27 heavy (non-hydrogen) atoms. The zero-order chi connectivity index (χ0) is 19.9. The van der Waals surface area contributed by atoms with Gasteiger partial charge in [0, 0.05) is 30.7 Å². The molecule has 0 radical (unpaired) electrons. The van der Waals surface area contributed by atoms with Crippen molar-refractivity contribution in [2.24, 2.45) is 0 Å². The van der Waals surface area contributed by atoms with Gasteiger partial charge >= 0.3 is 12.1 Å². The maximum Gasteiger partial charge on any atom is 0.410 e. The maximum atomic E-state index is 12.2. The third-order valence-electron chi connectivity index (χ3n) is 4.76. The zero-order valence-electron chi connectivity index (χ0n) is 16.2. The van der Waals surface area contributed by atoms with Crippen molar-refractivity contribution in [2.75, 3.05) is 14.2 Å². The van der Waals surface area contributed by atoms with Crippen molar-refractivity contribution in [3.05, 3.63) is 28.5 Å². The first-order chi connectivity index (χ1) is 12.6. The number of fused-ring (bicyclic) bond motifs is 1. The van der Waals surface area contributed by atoms with Crippen molar-refractivity contribution in [2.45, 2.75) is 51.3 Å². The van der Waals surface area contributed by atoms with Crippen molar-refractivity contribution in [1.82, 2.24) is 14.5 Å². The molecule has 1 fully saturated rings. The lowest BCUT2D eigenvalue weighted by Crippen LogP contribution is -2.47. The molecule has 1 aliphatic carbocycles. The number of carbonyl (C=O) groups is 2. The van der Waals surface area contributed by atoms with Crippen molar-refractivity contribution in [1.29, 1.82) is 0 Å². The molecule has 0 bridgehead atoms. The van der Waals surface area contributed by atoms with Gasteiger partial charge in [-0.25, -0.2) is 14.6 Å². The van der Waals surface area contributed by atoms with E-state index in [1.54, 1.807) is 24.2 Å². The Labute approximate surface area is 166 Å². The number of pyridine rings is 1. The van der Waals surface area contributed by atoms with Gasteiger partial charge in [0.15, 0.2) is 0 Å². The van der Waals surface area contributed by atoms with Gasteiger partial charge in [0.2, 0.25) is 0 Å². The van der Waals surface area contributed by atoms with E-state index in [0.717, 1.165) is 23.9 Å². The van der Waals surface area contributed by atoms with Crippen LogP contribution in [0.15, 0.2) is 22.9 Å². The van der Waals surface area contributed by atoms with Gasteiger partial charge in [0.05, 0.1) is 12.7 Å². The van der Waals surface area contributed by atoms with E-state index in [-0.39, 0.29) is 24.1 Å². The number of ether oxygens (including phenoxy) is 2. The highest BCUT2D eigenvalue weighted by Crippen LogP contribution is 2.39. The van der Waals surface area contributed by atoms with Gasteiger partial charge in [-0.3, -0.25) is 0 Å². The molecule has 0 saturated heterocycles. The van der Waals surface area contributed by atoms with Crippen LogP contribution in [0.25, 0.3) is 11.0 Å². The van der Waals surface area contributed by atoms with E-state index < -0.39 is 5.60 Å². The van der Waals surface area contributed by atoms with Crippen LogP contribution in [0.2, 0.25) is 0 Å². The van der Waals surface area contributed by atoms with Crippen molar-refractivity contribution in [3.63, 3.8) is 0 Å². The summed E-state index contributed by atoms with van der Waals surface area (Å²) in [5.74, 6) is -0.385. The van der Waals surface area contributed by atoms with Crippen LogP contribution < -0.4 is 0 Å². The summed E-state index contributed by atoms with van der Waals surface area (Å²) in [7, 11) is 3.13. The normalized spacial score (nSPS) is 19.5.